The molecular weight excluding hydrogens is 462 g/mol. The first-order valence-electron chi connectivity index (χ1n) is 12.6. The molecule has 1 aliphatic carbocycles. The standard InChI is InChI=1S/C27H35N3O4S/c1-4-6-7-8-15-30(35(32)33)17-23-21(19-13-14-19)16-22-24(26(31)28-3)25(34-27(22)29-23)20-11-9-18(5-2)10-12-20/h9-12,16,19H,4-8,13-15,17H2,1-3H3,(H,28,31)(H,32,33). The molecule has 1 fully saturated rings. The molecule has 2 aromatic heterocycles. The fourth-order valence-electron chi connectivity index (χ4n) is 4.49. The molecule has 188 valence electrons. The van der Waals surface area contributed by atoms with Crippen LogP contribution in [0.15, 0.2) is 34.7 Å². The third kappa shape index (κ3) is 5.82. The summed E-state index contributed by atoms with van der Waals surface area (Å²) in [6.45, 7) is 5.05. The summed E-state index contributed by atoms with van der Waals surface area (Å²) in [6, 6.07) is 10.0. The van der Waals surface area contributed by atoms with Gasteiger partial charge in [0.25, 0.3) is 5.91 Å². The van der Waals surface area contributed by atoms with Gasteiger partial charge in [0, 0.05) is 19.2 Å². The Bertz CT molecular complexity index is 1200. The minimum Gasteiger partial charge on any atom is -0.437 e. The summed E-state index contributed by atoms with van der Waals surface area (Å²) in [4.78, 5) is 17.8. The second-order valence-corrected chi connectivity index (χ2v) is 10.2. The van der Waals surface area contributed by atoms with Gasteiger partial charge in [0.05, 0.1) is 23.2 Å². The van der Waals surface area contributed by atoms with Crippen LogP contribution in [0.1, 0.15) is 85.5 Å². The molecule has 0 spiro atoms. The van der Waals surface area contributed by atoms with E-state index >= 15 is 0 Å². The van der Waals surface area contributed by atoms with Crippen LogP contribution in [0, 0.1) is 0 Å². The van der Waals surface area contributed by atoms with Crippen molar-refractivity contribution in [1.82, 2.24) is 14.6 Å². The van der Waals surface area contributed by atoms with Gasteiger partial charge in [-0.3, -0.25) is 9.35 Å². The van der Waals surface area contributed by atoms with Gasteiger partial charge in [-0.1, -0.05) is 57.4 Å². The number of nitrogens with zero attached hydrogens (tertiary/aromatic N) is 2. The molecule has 35 heavy (non-hydrogen) atoms. The van der Waals surface area contributed by atoms with Gasteiger partial charge in [0.1, 0.15) is 5.76 Å². The number of benzene rings is 1. The third-order valence-electron chi connectivity index (χ3n) is 6.70. The van der Waals surface area contributed by atoms with Crippen LogP contribution in [0.25, 0.3) is 22.4 Å². The number of furan rings is 1. The molecule has 0 radical (unpaired) electrons. The van der Waals surface area contributed by atoms with E-state index in [1.807, 2.05) is 30.3 Å². The normalized spacial score (nSPS) is 14.5. The molecule has 4 rings (SSSR count). The Balaban J connectivity index is 1.76. The van der Waals surface area contributed by atoms with Crippen LogP contribution in [0.5, 0.6) is 0 Å². The number of nitrogens with one attached hydrogen (secondary N) is 1. The summed E-state index contributed by atoms with van der Waals surface area (Å²) in [6.07, 6.45) is 7.15. The monoisotopic (exact) mass is 497 g/mol. The number of fused-ring (bicyclic) bond motifs is 1. The van der Waals surface area contributed by atoms with Crippen LogP contribution in [0.4, 0.5) is 0 Å². The van der Waals surface area contributed by atoms with Crippen molar-refractivity contribution in [3.63, 3.8) is 0 Å². The Morgan fingerprint density at radius 3 is 2.54 bits per heavy atom. The van der Waals surface area contributed by atoms with Crippen molar-refractivity contribution in [3.05, 3.63) is 52.7 Å². The molecule has 8 heteroatoms. The van der Waals surface area contributed by atoms with Crippen molar-refractivity contribution in [2.24, 2.45) is 0 Å². The number of aromatic nitrogens is 1. The maximum atomic E-state index is 12.9. The molecular formula is C27H35N3O4S. The zero-order valence-corrected chi connectivity index (χ0v) is 21.6. The number of unbranched alkanes of at least 4 members (excludes halogenated alkanes) is 3. The molecule has 7 nitrogen and oxygen atoms in total. The average Bonchev–Trinajstić information content (AvgIpc) is 3.65. The fraction of sp³-hybridized carbons (Fsp3) is 0.481. The van der Waals surface area contributed by atoms with Crippen molar-refractivity contribution in [2.45, 2.75) is 71.3 Å². The van der Waals surface area contributed by atoms with E-state index in [9.17, 15) is 13.6 Å². The van der Waals surface area contributed by atoms with E-state index in [0.717, 1.165) is 61.8 Å². The fourth-order valence-corrected chi connectivity index (χ4v) is 5.01. The van der Waals surface area contributed by atoms with Crippen molar-refractivity contribution in [1.29, 1.82) is 0 Å². The molecule has 0 aliphatic heterocycles. The smallest absolute Gasteiger partial charge is 0.255 e. The summed E-state index contributed by atoms with van der Waals surface area (Å²) in [5.74, 6) is 0.634. The highest BCUT2D eigenvalue weighted by atomic mass is 32.2. The highest BCUT2D eigenvalue weighted by Crippen LogP contribution is 2.44. The number of rotatable bonds is 12. The van der Waals surface area contributed by atoms with E-state index in [1.165, 1.54) is 5.56 Å². The Morgan fingerprint density at radius 1 is 1.20 bits per heavy atom. The zero-order chi connectivity index (χ0) is 24.9. The van der Waals surface area contributed by atoms with Gasteiger partial charge in [0.2, 0.25) is 17.0 Å². The van der Waals surface area contributed by atoms with Gasteiger partial charge >= 0.3 is 0 Å². The van der Waals surface area contributed by atoms with E-state index in [-0.39, 0.29) is 12.5 Å². The van der Waals surface area contributed by atoms with Crippen LogP contribution < -0.4 is 5.32 Å². The molecule has 3 aromatic rings. The predicted molar refractivity (Wildman–Crippen MR) is 140 cm³/mol. The lowest BCUT2D eigenvalue weighted by molar-refractivity contribution is 0.0964. The van der Waals surface area contributed by atoms with Crippen LogP contribution in [-0.4, -0.2) is 37.6 Å². The molecule has 1 amide bonds. The third-order valence-corrected chi connectivity index (χ3v) is 7.45. The number of carbonyl (C=O) groups excluding carboxylic acids is 1. The van der Waals surface area contributed by atoms with Gasteiger partial charge in [-0.25, -0.2) is 9.19 Å². The predicted octanol–water partition coefficient (Wildman–Crippen LogP) is 5.81. The van der Waals surface area contributed by atoms with Crippen LogP contribution >= 0.6 is 0 Å². The SMILES string of the molecule is CCCCCCN(Cc1nc2oc(-c3ccc(CC)cc3)c(C(=O)NC)c2cc1C1CC1)S(=O)O. The number of amides is 1. The van der Waals surface area contributed by atoms with Gasteiger partial charge in [-0.2, -0.15) is 4.31 Å². The molecule has 2 heterocycles. The molecule has 0 saturated heterocycles. The minimum absolute atomic E-state index is 0.219. The van der Waals surface area contributed by atoms with E-state index in [2.05, 4.69) is 19.2 Å². The Labute approximate surface area is 209 Å². The van der Waals surface area contributed by atoms with Gasteiger partial charge in [-0.05, 0) is 48.8 Å². The largest absolute Gasteiger partial charge is 0.437 e. The second-order valence-electron chi connectivity index (χ2n) is 9.24. The molecule has 1 atom stereocenters. The van der Waals surface area contributed by atoms with Gasteiger partial charge in [-0.15, -0.1) is 0 Å². The quantitative estimate of drug-likeness (QED) is 0.243. The Kier molecular flexibility index (Phi) is 8.36. The topological polar surface area (TPSA) is 95.7 Å². The highest BCUT2D eigenvalue weighted by Gasteiger charge is 2.31. The Morgan fingerprint density at radius 2 is 1.94 bits per heavy atom. The first-order chi connectivity index (χ1) is 17.0. The molecule has 1 saturated carbocycles. The number of pyridine rings is 1. The molecule has 0 bridgehead atoms. The van der Waals surface area contributed by atoms with E-state index < -0.39 is 11.3 Å². The first-order valence-corrected chi connectivity index (χ1v) is 13.7. The molecule has 1 aliphatic rings. The number of hydrogen-bond acceptors (Lipinski definition) is 4. The number of hydrogen-bond donors (Lipinski definition) is 2. The summed E-state index contributed by atoms with van der Waals surface area (Å²) in [7, 11) is 1.61. The van der Waals surface area contributed by atoms with Crippen molar-refractivity contribution in [2.75, 3.05) is 13.6 Å². The average molecular weight is 498 g/mol. The summed E-state index contributed by atoms with van der Waals surface area (Å²) >= 11 is -2.09. The van der Waals surface area contributed by atoms with Crippen LogP contribution in [0.3, 0.4) is 0 Å². The van der Waals surface area contributed by atoms with Gasteiger partial charge in [0.15, 0.2) is 0 Å². The summed E-state index contributed by atoms with van der Waals surface area (Å²) in [5.41, 5.74) is 4.69. The van der Waals surface area contributed by atoms with Crippen molar-refractivity contribution >= 4 is 28.3 Å². The lowest BCUT2D eigenvalue weighted by Gasteiger charge is -2.19. The first kappa shape index (κ1) is 25.5. The lowest BCUT2D eigenvalue weighted by atomic mass is 10.0. The van der Waals surface area contributed by atoms with Crippen molar-refractivity contribution in [3.8, 4) is 11.3 Å². The second kappa shape index (κ2) is 11.5. The Hall–Kier alpha value is -2.55. The maximum absolute atomic E-state index is 12.9. The maximum Gasteiger partial charge on any atom is 0.255 e. The zero-order valence-electron chi connectivity index (χ0n) is 20.8. The molecule has 1 unspecified atom stereocenters. The highest BCUT2D eigenvalue weighted by molar-refractivity contribution is 7.76. The van der Waals surface area contributed by atoms with Gasteiger partial charge < -0.3 is 9.73 Å². The minimum atomic E-state index is -2.09. The van der Waals surface area contributed by atoms with E-state index in [1.54, 1.807) is 11.4 Å². The molecule has 2 N–H and O–H groups in total. The van der Waals surface area contributed by atoms with E-state index in [4.69, 9.17) is 9.40 Å². The van der Waals surface area contributed by atoms with E-state index in [0.29, 0.717) is 34.9 Å². The summed E-state index contributed by atoms with van der Waals surface area (Å²) in [5, 5.41) is 3.43. The van der Waals surface area contributed by atoms with Crippen molar-refractivity contribution < 1.29 is 18.0 Å². The number of aryl methyl sites for hydroxylation is 1. The summed E-state index contributed by atoms with van der Waals surface area (Å²) < 4.78 is 29.8. The molecule has 1 aromatic carbocycles. The van der Waals surface area contributed by atoms with Crippen LogP contribution in [-0.2, 0) is 24.2 Å². The van der Waals surface area contributed by atoms with Crippen LogP contribution in [0.2, 0.25) is 0 Å². The number of carbonyl (C=O) groups is 1. The lowest BCUT2D eigenvalue weighted by Crippen LogP contribution is -2.27.